The number of nitrogens with zero attached hydrogens (tertiary/aromatic N) is 1. The molecule has 1 aliphatic rings. The summed E-state index contributed by atoms with van der Waals surface area (Å²) in [6, 6.07) is 11.3. The largest absolute Gasteiger partial charge is 0.495 e. The molecule has 7 nitrogen and oxygen atoms in total. The van der Waals surface area contributed by atoms with Gasteiger partial charge in [-0.05, 0) is 49.2 Å². The van der Waals surface area contributed by atoms with Gasteiger partial charge in [0.1, 0.15) is 16.4 Å². The zero-order chi connectivity index (χ0) is 20.9. The molecule has 0 unspecified atom stereocenters. The number of nitrogens with one attached hydrogen (secondary N) is 1. The summed E-state index contributed by atoms with van der Waals surface area (Å²) in [5.74, 6) is 0.288. The molecule has 0 aromatic heterocycles. The fourth-order valence-electron chi connectivity index (χ4n) is 3.10. The fourth-order valence-corrected chi connectivity index (χ4v) is 4.98. The second kappa shape index (κ2) is 9.47. The molecule has 2 aromatic carbocycles. The summed E-state index contributed by atoms with van der Waals surface area (Å²) in [4.78, 5) is 12.3. The van der Waals surface area contributed by atoms with Crippen molar-refractivity contribution in [2.45, 2.75) is 24.2 Å². The average Bonchev–Trinajstić information content (AvgIpc) is 2.73. The van der Waals surface area contributed by atoms with Crippen molar-refractivity contribution in [1.29, 1.82) is 0 Å². The van der Waals surface area contributed by atoms with Gasteiger partial charge < -0.3 is 14.8 Å². The van der Waals surface area contributed by atoms with Gasteiger partial charge in [-0.15, -0.1) is 0 Å². The highest BCUT2D eigenvalue weighted by Gasteiger charge is 2.29. The van der Waals surface area contributed by atoms with Crippen LogP contribution in [0.4, 0.5) is 5.69 Å². The lowest BCUT2D eigenvalue weighted by Crippen LogP contribution is -2.35. The van der Waals surface area contributed by atoms with E-state index in [9.17, 15) is 13.2 Å². The Balaban J connectivity index is 1.73. The van der Waals surface area contributed by atoms with E-state index < -0.39 is 15.9 Å². The summed E-state index contributed by atoms with van der Waals surface area (Å²) in [5, 5.41) is 3.16. The lowest BCUT2D eigenvalue weighted by atomic mass is 10.2. The number of hydrogen-bond donors (Lipinski definition) is 1. The molecule has 3 rings (SSSR count). The van der Waals surface area contributed by atoms with Gasteiger partial charge in [0, 0.05) is 23.8 Å². The number of carbonyl (C=O) groups is 1. The molecule has 0 radical (unpaired) electrons. The van der Waals surface area contributed by atoms with Crippen LogP contribution in [0.25, 0.3) is 0 Å². The number of hydrogen-bond acceptors (Lipinski definition) is 5. The van der Waals surface area contributed by atoms with Crippen LogP contribution in [0.2, 0.25) is 5.02 Å². The lowest BCUT2D eigenvalue weighted by Gasteiger charge is -2.26. The van der Waals surface area contributed by atoms with E-state index in [4.69, 9.17) is 21.1 Å². The first-order chi connectivity index (χ1) is 13.9. The molecule has 1 heterocycles. The van der Waals surface area contributed by atoms with Crippen molar-refractivity contribution in [2.75, 3.05) is 32.1 Å². The SMILES string of the molecule is COc1ccc(NC(=O)COc2cccc(Cl)c2)cc1S(=O)(=O)N1CCCCC1. The molecule has 1 saturated heterocycles. The number of piperidine rings is 1. The third-order valence-corrected chi connectivity index (χ3v) is 6.70. The molecule has 0 saturated carbocycles. The van der Waals surface area contributed by atoms with Gasteiger partial charge in [0.25, 0.3) is 5.91 Å². The van der Waals surface area contributed by atoms with E-state index in [0.717, 1.165) is 19.3 Å². The van der Waals surface area contributed by atoms with Crippen LogP contribution in [0, 0.1) is 0 Å². The molecule has 0 bridgehead atoms. The van der Waals surface area contributed by atoms with Gasteiger partial charge in [-0.2, -0.15) is 4.31 Å². The number of ether oxygens (including phenoxy) is 2. The van der Waals surface area contributed by atoms with Gasteiger partial charge >= 0.3 is 0 Å². The Morgan fingerprint density at radius 3 is 2.59 bits per heavy atom. The van der Waals surface area contributed by atoms with Crippen LogP contribution in [-0.4, -0.2) is 45.4 Å². The molecule has 156 valence electrons. The van der Waals surface area contributed by atoms with Gasteiger partial charge in [-0.1, -0.05) is 24.1 Å². The van der Waals surface area contributed by atoms with Crippen LogP contribution in [0.3, 0.4) is 0 Å². The van der Waals surface area contributed by atoms with E-state index in [1.807, 2.05) is 0 Å². The third kappa shape index (κ3) is 5.41. The van der Waals surface area contributed by atoms with Crippen LogP contribution in [0.1, 0.15) is 19.3 Å². The number of anilines is 1. The predicted molar refractivity (Wildman–Crippen MR) is 111 cm³/mol. The summed E-state index contributed by atoms with van der Waals surface area (Å²) in [7, 11) is -2.29. The van der Waals surface area contributed by atoms with E-state index in [1.165, 1.54) is 23.5 Å². The molecule has 0 atom stereocenters. The van der Waals surface area contributed by atoms with Crippen molar-refractivity contribution in [3.63, 3.8) is 0 Å². The first-order valence-electron chi connectivity index (χ1n) is 9.26. The lowest BCUT2D eigenvalue weighted by molar-refractivity contribution is -0.118. The van der Waals surface area contributed by atoms with Crippen LogP contribution in [0.5, 0.6) is 11.5 Å². The minimum atomic E-state index is -3.71. The minimum absolute atomic E-state index is 0.0375. The molecular formula is C20H23ClN2O5S. The molecule has 1 aliphatic heterocycles. The van der Waals surface area contributed by atoms with E-state index in [1.54, 1.807) is 30.3 Å². The Bertz CT molecular complexity index is 975. The highest BCUT2D eigenvalue weighted by molar-refractivity contribution is 7.89. The molecule has 0 spiro atoms. The average molecular weight is 439 g/mol. The van der Waals surface area contributed by atoms with E-state index in [2.05, 4.69) is 5.32 Å². The number of methoxy groups -OCH3 is 1. The standard InChI is InChI=1S/C20H23ClN2O5S/c1-27-18-9-8-16(13-19(18)29(25,26)23-10-3-2-4-11-23)22-20(24)14-28-17-7-5-6-15(21)12-17/h5-9,12-13H,2-4,10-11,14H2,1H3,(H,22,24). The number of benzene rings is 2. The zero-order valence-electron chi connectivity index (χ0n) is 16.1. The van der Waals surface area contributed by atoms with Gasteiger partial charge in [-0.3, -0.25) is 4.79 Å². The topological polar surface area (TPSA) is 84.9 Å². The maximum Gasteiger partial charge on any atom is 0.262 e. The Morgan fingerprint density at radius 2 is 1.90 bits per heavy atom. The first-order valence-corrected chi connectivity index (χ1v) is 11.1. The second-order valence-corrected chi connectivity index (χ2v) is 8.97. The maximum absolute atomic E-state index is 13.0. The zero-order valence-corrected chi connectivity index (χ0v) is 17.6. The number of rotatable bonds is 7. The normalized spacial score (nSPS) is 15.0. The summed E-state index contributed by atoms with van der Waals surface area (Å²) in [6.07, 6.45) is 2.68. The number of carbonyl (C=O) groups excluding carboxylic acids is 1. The van der Waals surface area contributed by atoms with E-state index in [0.29, 0.717) is 29.5 Å². The van der Waals surface area contributed by atoms with Crippen LogP contribution in [0.15, 0.2) is 47.4 Å². The van der Waals surface area contributed by atoms with Crippen LogP contribution < -0.4 is 14.8 Å². The van der Waals surface area contributed by atoms with Gasteiger partial charge in [0.15, 0.2) is 6.61 Å². The van der Waals surface area contributed by atoms with Crippen molar-refractivity contribution in [2.24, 2.45) is 0 Å². The van der Waals surface area contributed by atoms with Gasteiger partial charge in [0.05, 0.1) is 7.11 Å². The van der Waals surface area contributed by atoms with E-state index >= 15 is 0 Å². The molecule has 1 N–H and O–H groups in total. The molecule has 2 aromatic rings. The Kier molecular flexibility index (Phi) is 7.00. The molecule has 9 heteroatoms. The molecule has 1 amide bonds. The second-order valence-electron chi connectivity index (χ2n) is 6.62. The fraction of sp³-hybridized carbons (Fsp3) is 0.350. The summed E-state index contributed by atoms with van der Waals surface area (Å²) >= 11 is 5.89. The van der Waals surface area contributed by atoms with Crippen molar-refractivity contribution >= 4 is 33.2 Å². The van der Waals surface area contributed by atoms with Crippen LogP contribution >= 0.6 is 11.6 Å². The maximum atomic E-state index is 13.0. The van der Waals surface area contributed by atoms with Crippen LogP contribution in [-0.2, 0) is 14.8 Å². The molecule has 0 aliphatic carbocycles. The number of halogens is 1. The Morgan fingerprint density at radius 1 is 1.14 bits per heavy atom. The third-order valence-electron chi connectivity index (χ3n) is 4.55. The smallest absolute Gasteiger partial charge is 0.262 e. The summed E-state index contributed by atoms with van der Waals surface area (Å²) in [5.41, 5.74) is 0.348. The molecular weight excluding hydrogens is 416 g/mol. The predicted octanol–water partition coefficient (Wildman–Crippen LogP) is 3.54. The Labute approximate surface area is 175 Å². The highest BCUT2D eigenvalue weighted by Crippen LogP contribution is 2.31. The van der Waals surface area contributed by atoms with Crippen molar-refractivity contribution < 1.29 is 22.7 Å². The number of sulfonamides is 1. The van der Waals surface area contributed by atoms with E-state index in [-0.39, 0.29) is 17.3 Å². The van der Waals surface area contributed by atoms with Crippen molar-refractivity contribution in [3.05, 3.63) is 47.5 Å². The summed E-state index contributed by atoms with van der Waals surface area (Å²) < 4.78 is 38.2. The summed E-state index contributed by atoms with van der Waals surface area (Å²) in [6.45, 7) is 0.728. The quantitative estimate of drug-likeness (QED) is 0.714. The van der Waals surface area contributed by atoms with Gasteiger partial charge in [0.2, 0.25) is 10.0 Å². The van der Waals surface area contributed by atoms with Crippen molar-refractivity contribution in [1.82, 2.24) is 4.31 Å². The molecule has 1 fully saturated rings. The minimum Gasteiger partial charge on any atom is -0.495 e. The first kappa shape index (κ1) is 21.4. The highest BCUT2D eigenvalue weighted by atomic mass is 35.5. The number of amides is 1. The monoisotopic (exact) mass is 438 g/mol. The Hall–Kier alpha value is -2.29. The van der Waals surface area contributed by atoms with Gasteiger partial charge in [-0.25, -0.2) is 8.42 Å². The van der Waals surface area contributed by atoms with Crippen molar-refractivity contribution in [3.8, 4) is 11.5 Å². The molecule has 29 heavy (non-hydrogen) atoms.